The van der Waals surface area contributed by atoms with Crippen molar-refractivity contribution in [2.24, 2.45) is 5.92 Å². The lowest BCUT2D eigenvalue weighted by Gasteiger charge is -2.33. The van der Waals surface area contributed by atoms with Gasteiger partial charge in [-0.1, -0.05) is 6.92 Å². The SMILES string of the molecule is CC1CCC2(CC1)NC(=O)N(CC(=O)OCC(=O)Nc1ccc(F)cc1F)C2=O. The minimum absolute atomic E-state index is 0.269. The molecule has 1 saturated carbocycles. The highest BCUT2D eigenvalue weighted by atomic mass is 19.1. The molecule has 2 fully saturated rings. The summed E-state index contributed by atoms with van der Waals surface area (Å²) in [4.78, 5) is 49.4. The number of amides is 4. The molecule has 1 heterocycles. The second-order valence-corrected chi connectivity index (χ2v) is 7.42. The first-order valence-corrected chi connectivity index (χ1v) is 9.25. The largest absolute Gasteiger partial charge is 0.454 e. The zero-order chi connectivity index (χ0) is 21.2. The van der Waals surface area contributed by atoms with E-state index in [1.54, 1.807) is 0 Å². The monoisotopic (exact) mass is 409 g/mol. The van der Waals surface area contributed by atoms with Gasteiger partial charge >= 0.3 is 12.0 Å². The quantitative estimate of drug-likeness (QED) is 0.571. The number of nitrogens with one attached hydrogen (secondary N) is 2. The van der Waals surface area contributed by atoms with Gasteiger partial charge in [-0.15, -0.1) is 0 Å². The van der Waals surface area contributed by atoms with E-state index in [4.69, 9.17) is 4.74 Å². The summed E-state index contributed by atoms with van der Waals surface area (Å²) in [6.07, 6.45) is 2.61. The van der Waals surface area contributed by atoms with Gasteiger partial charge in [0.05, 0.1) is 5.69 Å². The number of benzene rings is 1. The van der Waals surface area contributed by atoms with Crippen LogP contribution in [0.4, 0.5) is 19.3 Å². The molecule has 1 aromatic rings. The topological polar surface area (TPSA) is 105 Å². The van der Waals surface area contributed by atoms with E-state index in [2.05, 4.69) is 17.6 Å². The number of carbonyl (C=O) groups is 4. The predicted molar refractivity (Wildman–Crippen MR) is 96.6 cm³/mol. The van der Waals surface area contributed by atoms with Crippen molar-refractivity contribution in [1.29, 1.82) is 0 Å². The molecule has 0 bridgehead atoms. The summed E-state index contributed by atoms with van der Waals surface area (Å²) in [5, 5.41) is 4.82. The molecule has 8 nitrogen and oxygen atoms in total. The van der Waals surface area contributed by atoms with Gasteiger partial charge in [0, 0.05) is 6.07 Å². The number of anilines is 1. The van der Waals surface area contributed by atoms with E-state index >= 15 is 0 Å². The smallest absolute Gasteiger partial charge is 0.326 e. The van der Waals surface area contributed by atoms with Crippen LogP contribution in [0.1, 0.15) is 32.6 Å². The van der Waals surface area contributed by atoms with Crippen LogP contribution in [0.3, 0.4) is 0 Å². The molecule has 0 radical (unpaired) electrons. The van der Waals surface area contributed by atoms with Crippen LogP contribution in [-0.2, 0) is 19.1 Å². The van der Waals surface area contributed by atoms with Crippen LogP contribution in [0.2, 0.25) is 0 Å². The van der Waals surface area contributed by atoms with Crippen LogP contribution in [0.25, 0.3) is 0 Å². The van der Waals surface area contributed by atoms with Gasteiger partial charge in [-0.2, -0.15) is 0 Å². The number of hydrogen-bond acceptors (Lipinski definition) is 5. The van der Waals surface area contributed by atoms with Gasteiger partial charge in [0.1, 0.15) is 23.7 Å². The summed E-state index contributed by atoms with van der Waals surface area (Å²) < 4.78 is 31.1. The number of esters is 1. The van der Waals surface area contributed by atoms with E-state index in [0.29, 0.717) is 24.8 Å². The van der Waals surface area contributed by atoms with Gasteiger partial charge in [0.25, 0.3) is 11.8 Å². The molecule has 1 saturated heterocycles. The third-order valence-electron chi connectivity index (χ3n) is 5.23. The molecule has 1 aliphatic heterocycles. The van der Waals surface area contributed by atoms with Crippen LogP contribution in [-0.4, -0.2) is 47.4 Å². The molecule has 4 amide bonds. The van der Waals surface area contributed by atoms with Crippen molar-refractivity contribution >= 4 is 29.5 Å². The molecular weight excluding hydrogens is 388 g/mol. The van der Waals surface area contributed by atoms with Crippen LogP contribution < -0.4 is 10.6 Å². The van der Waals surface area contributed by atoms with E-state index < -0.39 is 54.1 Å². The second-order valence-electron chi connectivity index (χ2n) is 7.42. The number of imide groups is 1. The van der Waals surface area contributed by atoms with Gasteiger partial charge in [-0.05, 0) is 43.7 Å². The van der Waals surface area contributed by atoms with Crippen molar-refractivity contribution in [3.8, 4) is 0 Å². The minimum atomic E-state index is -0.976. The molecular formula is C19H21F2N3O5. The first-order valence-electron chi connectivity index (χ1n) is 9.25. The summed E-state index contributed by atoms with van der Waals surface area (Å²) in [6, 6.07) is 1.92. The Balaban J connectivity index is 1.51. The average molecular weight is 409 g/mol. The lowest BCUT2D eigenvalue weighted by molar-refractivity contribution is -0.150. The summed E-state index contributed by atoms with van der Waals surface area (Å²) >= 11 is 0. The maximum Gasteiger partial charge on any atom is 0.326 e. The Bertz CT molecular complexity index is 852. The fraction of sp³-hybridized carbons (Fsp3) is 0.474. The maximum atomic E-state index is 13.5. The van der Waals surface area contributed by atoms with E-state index in [0.717, 1.165) is 29.9 Å². The number of carbonyl (C=O) groups excluding carboxylic acids is 4. The number of nitrogens with zero attached hydrogens (tertiary/aromatic N) is 1. The molecule has 29 heavy (non-hydrogen) atoms. The van der Waals surface area contributed by atoms with E-state index in [1.165, 1.54) is 0 Å². The van der Waals surface area contributed by atoms with Crippen molar-refractivity contribution in [3.05, 3.63) is 29.8 Å². The van der Waals surface area contributed by atoms with Crippen LogP contribution in [0, 0.1) is 17.6 Å². The number of urea groups is 1. The van der Waals surface area contributed by atoms with E-state index in [9.17, 15) is 28.0 Å². The molecule has 10 heteroatoms. The van der Waals surface area contributed by atoms with E-state index in [-0.39, 0.29) is 5.69 Å². The zero-order valence-corrected chi connectivity index (χ0v) is 15.8. The Morgan fingerprint density at radius 1 is 1.28 bits per heavy atom. The second kappa shape index (κ2) is 8.14. The third kappa shape index (κ3) is 4.52. The zero-order valence-electron chi connectivity index (χ0n) is 15.8. The Kier molecular flexibility index (Phi) is 5.81. The van der Waals surface area contributed by atoms with Crippen LogP contribution >= 0.6 is 0 Å². The number of ether oxygens (including phenoxy) is 1. The number of rotatable bonds is 5. The average Bonchev–Trinajstić information content (AvgIpc) is 2.89. The summed E-state index contributed by atoms with van der Waals surface area (Å²) in [7, 11) is 0. The molecule has 1 aliphatic carbocycles. The van der Waals surface area contributed by atoms with Gasteiger partial charge in [-0.3, -0.25) is 19.3 Å². The van der Waals surface area contributed by atoms with Crippen LogP contribution in [0.15, 0.2) is 18.2 Å². The maximum absolute atomic E-state index is 13.5. The first kappa shape index (κ1) is 20.7. The van der Waals surface area contributed by atoms with Gasteiger partial charge in [-0.25, -0.2) is 13.6 Å². The normalized spacial score (nSPS) is 23.8. The third-order valence-corrected chi connectivity index (χ3v) is 5.23. The fourth-order valence-electron chi connectivity index (χ4n) is 3.51. The van der Waals surface area contributed by atoms with Crippen LogP contribution in [0.5, 0.6) is 0 Å². The lowest BCUT2D eigenvalue weighted by atomic mass is 9.77. The standard InChI is InChI=1S/C19H21F2N3O5/c1-11-4-6-19(7-5-11)17(27)24(18(28)23-19)9-16(26)29-10-15(25)22-14-3-2-12(20)8-13(14)21/h2-3,8,11H,4-7,9-10H2,1H3,(H,22,25)(H,23,28). The van der Waals surface area contributed by atoms with Gasteiger partial charge in [0.15, 0.2) is 6.61 Å². The van der Waals surface area contributed by atoms with Gasteiger partial charge in [0.2, 0.25) is 0 Å². The summed E-state index contributed by atoms with van der Waals surface area (Å²) in [6.45, 7) is 0.703. The molecule has 156 valence electrons. The molecule has 0 aromatic heterocycles. The Morgan fingerprint density at radius 2 is 1.97 bits per heavy atom. The number of hydrogen-bond donors (Lipinski definition) is 2. The van der Waals surface area contributed by atoms with Crippen molar-refractivity contribution in [1.82, 2.24) is 10.2 Å². The molecule has 1 aromatic carbocycles. The van der Waals surface area contributed by atoms with Crippen molar-refractivity contribution in [2.75, 3.05) is 18.5 Å². The molecule has 3 rings (SSSR count). The molecule has 0 unspecified atom stereocenters. The molecule has 2 aliphatic rings. The first-order chi connectivity index (χ1) is 13.7. The number of halogens is 2. The highest BCUT2D eigenvalue weighted by Gasteiger charge is 2.52. The molecule has 0 atom stereocenters. The summed E-state index contributed by atoms with van der Waals surface area (Å²) in [5.74, 6) is -3.58. The highest BCUT2D eigenvalue weighted by molar-refractivity contribution is 6.08. The lowest BCUT2D eigenvalue weighted by Crippen LogP contribution is -2.49. The van der Waals surface area contributed by atoms with E-state index in [1.807, 2.05) is 0 Å². The fourth-order valence-corrected chi connectivity index (χ4v) is 3.51. The summed E-state index contributed by atoms with van der Waals surface area (Å²) in [5.41, 5.74) is -1.24. The van der Waals surface area contributed by atoms with Crippen molar-refractivity contribution < 1.29 is 32.7 Å². The minimum Gasteiger partial charge on any atom is -0.454 e. The Hall–Kier alpha value is -3.04. The van der Waals surface area contributed by atoms with Crippen molar-refractivity contribution in [2.45, 2.75) is 38.1 Å². The Morgan fingerprint density at radius 3 is 2.62 bits per heavy atom. The molecule has 1 spiro atoms. The highest BCUT2D eigenvalue weighted by Crippen LogP contribution is 2.36. The Labute approximate surface area is 165 Å². The molecule has 2 N–H and O–H groups in total. The van der Waals surface area contributed by atoms with Crippen molar-refractivity contribution in [3.63, 3.8) is 0 Å². The predicted octanol–water partition coefficient (Wildman–Crippen LogP) is 1.95. The van der Waals surface area contributed by atoms with Gasteiger partial charge < -0.3 is 15.4 Å².